The summed E-state index contributed by atoms with van der Waals surface area (Å²) in [4.78, 5) is 23.5. The van der Waals surface area contributed by atoms with Gasteiger partial charge in [0.15, 0.2) is 5.79 Å². The van der Waals surface area contributed by atoms with E-state index < -0.39 is 30.0 Å². The maximum atomic E-state index is 12.1. The first-order chi connectivity index (χ1) is 10.3. The Kier molecular flexibility index (Phi) is 4.52. The third-order valence-corrected chi connectivity index (χ3v) is 3.37. The van der Waals surface area contributed by atoms with Crippen LogP contribution in [0.5, 0.6) is 0 Å². The van der Waals surface area contributed by atoms with Gasteiger partial charge < -0.3 is 24.7 Å². The number of nitrogens with one attached hydrogen (secondary N) is 1. The number of carbonyl (C=O) groups excluding carboxylic acids is 2. The number of nitrogens with zero attached hydrogens (tertiary/aromatic N) is 1. The minimum absolute atomic E-state index is 0.112. The topological polar surface area (TPSA) is 106 Å². The lowest BCUT2D eigenvalue weighted by Gasteiger charge is -2.31. The summed E-state index contributed by atoms with van der Waals surface area (Å²) in [5.41, 5.74) is 0.313. The van der Waals surface area contributed by atoms with Crippen molar-refractivity contribution in [1.82, 2.24) is 5.32 Å². The number of hydrogen-bond donors (Lipinski definition) is 2. The molecule has 1 saturated heterocycles. The molecule has 0 aromatic carbocycles. The van der Waals surface area contributed by atoms with E-state index in [0.29, 0.717) is 0 Å². The molecule has 2 N–H and O–H groups in total. The van der Waals surface area contributed by atoms with Crippen molar-refractivity contribution in [2.45, 2.75) is 51.7 Å². The second kappa shape index (κ2) is 6.05. The van der Waals surface area contributed by atoms with Gasteiger partial charge in [0.05, 0.1) is 12.2 Å². The van der Waals surface area contributed by atoms with E-state index in [1.807, 2.05) is 0 Å². The highest BCUT2D eigenvalue weighted by atomic mass is 16.8. The van der Waals surface area contributed by atoms with Gasteiger partial charge in [0.1, 0.15) is 24.0 Å². The number of carbonyl (C=O) groups is 2. The van der Waals surface area contributed by atoms with Gasteiger partial charge in [-0.15, -0.1) is 0 Å². The smallest absolute Gasteiger partial charge is 0.336 e. The van der Waals surface area contributed by atoms with Gasteiger partial charge in [-0.3, -0.25) is 4.79 Å². The third kappa shape index (κ3) is 3.12. The molecule has 8 heteroatoms. The maximum Gasteiger partial charge on any atom is 0.336 e. The average molecular weight is 312 g/mol. The van der Waals surface area contributed by atoms with E-state index in [2.05, 4.69) is 10.5 Å². The summed E-state index contributed by atoms with van der Waals surface area (Å²) in [6.07, 6.45) is -0.0320. The fraction of sp³-hybridized carbons (Fsp3) is 0.643. The normalized spacial score (nSPS) is 31.4. The van der Waals surface area contributed by atoms with Crippen molar-refractivity contribution < 1.29 is 29.0 Å². The van der Waals surface area contributed by atoms with Gasteiger partial charge in [-0.25, -0.2) is 4.79 Å². The van der Waals surface area contributed by atoms with Crippen LogP contribution in [0.3, 0.4) is 0 Å². The number of hydrogen-bond acceptors (Lipinski definition) is 7. The molecule has 122 valence electrons. The predicted octanol–water partition coefficient (Wildman–Crippen LogP) is 0.345. The highest BCUT2D eigenvalue weighted by molar-refractivity contribution is 6.08. The molecule has 0 spiro atoms. The largest absolute Gasteiger partial charge is 0.463 e. The Balaban J connectivity index is 2.42. The zero-order chi connectivity index (χ0) is 16.5. The Morgan fingerprint density at radius 2 is 2.14 bits per heavy atom. The molecule has 1 unspecified atom stereocenters. The molecular weight excluding hydrogens is 292 g/mol. The summed E-state index contributed by atoms with van der Waals surface area (Å²) in [5, 5.41) is 15.0. The van der Waals surface area contributed by atoms with Crippen LogP contribution in [0.15, 0.2) is 16.8 Å². The lowest BCUT2D eigenvalue weighted by Crippen LogP contribution is -2.55. The molecule has 1 heterocycles. The Bertz CT molecular complexity index is 539. The summed E-state index contributed by atoms with van der Waals surface area (Å²) in [6, 6.07) is -0.715. The predicted molar refractivity (Wildman–Crippen MR) is 75.4 cm³/mol. The minimum atomic E-state index is -0.942. The zero-order valence-electron chi connectivity index (χ0n) is 13.0. The van der Waals surface area contributed by atoms with Gasteiger partial charge in [0.2, 0.25) is 5.91 Å². The molecule has 8 nitrogen and oxygen atoms in total. The van der Waals surface area contributed by atoms with E-state index in [-0.39, 0.29) is 23.8 Å². The highest BCUT2D eigenvalue weighted by Gasteiger charge is 2.52. The van der Waals surface area contributed by atoms with Crippen LogP contribution >= 0.6 is 0 Å². The molecule has 0 radical (unpaired) electrons. The number of fused-ring (bicyclic) bond motifs is 1. The van der Waals surface area contributed by atoms with Crippen LogP contribution in [0.4, 0.5) is 0 Å². The number of esters is 1. The quantitative estimate of drug-likeness (QED) is 0.442. The van der Waals surface area contributed by atoms with Gasteiger partial charge in [-0.2, -0.15) is 0 Å². The van der Waals surface area contributed by atoms with Crippen molar-refractivity contribution in [3.63, 3.8) is 0 Å². The standard InChI is InChI=1S/C14H20N2O6/c1-5-20-13(18)8-6-9(16-19)10(15-7(2)17)12-11(8)21-14(3,4)22-12/h6,10-12,19H,5H2,1-4H3,(H,15,17)/t10-,11?,12+/m1/s1. The molecule has 1 amide bonds. The van der Waals surface area contributed by atoms with Crippen LogP contribution < -0.4 is 5.32 Å². The van der Waals surface area contributed by atoms with Crippen LogP contribution in [0, 0.1) is 0 Å². The van der Waals surface area contributed by atoms with Crippen LogP contribution in [-0.2, 0) is 23.8 Å². The Hall–Kier alpha value is -1.93. The number of ether oxygens (including phenoxy) is 3. The molecule has 0 bridgehead atoms. The van der Waals surface area contributed by atoms with E-state index in [4.69, 9.17) is 14.2 Å². The van der Waals surface area contributed by atoms with E-state index in [9.17, 15) is 14.8 Å². The fourth-order valence-electron chi connectivity index (χ4n) is 2.63. The Morgan fingerprint density at radius 1 is 1.45 bits per heavy atom. The molecule has 1 fully saturated rings. The summed E-state index contributed by atoms with van der Waals surface area (Å²) in [7, 11) is 0. The molecule has 2 aliphatic rings. The summed E-state index contributed by atoms with van der Waals surface area (Å²) >= 11 is 0. The average Bonchev–Trinajstić information content (AvgIpc) is 2.74. The van der Waals surface area contributed by atoms with Crippen molar-refractivity contribution in [2.24, 2.45) is 5.16 Å². The molecule has 0 aromatic rings. The molecule has 2 rings (SSSR count). The first-order valence-corrected chi connectivity index (χ1v) is 7.02. The molecule has 1 aliphatic heterocycles. The Labute approximate surface area is 128 Å². The van der Waals surface area contributed by atoms with Crippen LogP contribution in [0.2, 0.25) is 0 Å². The van der Waals surface area contributed by atoms with Crippen LogP contribution in [0.1, 0.15) is 27.7 Å². The number of oxime groups is 1. The van der Waals surface area contributed by atoms with Gasteiger partial charge in [-0.05, 0) is 26.8 Å². The first kappa shape index (κ1) is 16.4. The van der Waals surface area contributed by atoms with Crippen molar-refractivity contribution in [1.29, 1.82) is 0 Å². The zero-order valence-corrected chi connectivity index (χ0v) is 13.0. The van der Waals surface area contributed by atoms with Crippen LogP contribution in [0.25, 0.3) is 0 Å². The minimum Gasteiger partial charge on any atom is -0.463 e. The second-order valence-corrected chi connectivity index (χ2v) is 5.54. The molecule has 3 atom stereocenters. The summed E-state index contributed by atoms with van der Waals surface area (Å²) in [5.74, 6) is -1.82. The van der Waals surface area contributed by atoms with E-state index >= 15 is 0 Å². The lowest BCUT2D eigenvalue weighted by atomic mass is 9.88. The van der Waals surface area contributed by atoms with Crippen LogP contribution in [-0.4, -0.2) is 53.4 Å². The molecule has 22 heavy (non-hydrogen) atoms. The molecule has 0 saturated carbocycles. The van der Waals surface area contributed by atoms with Gasteiger partial charge in [-0.1, -0.05) is 5.16 Å². The molecule has 0 aromatic heterocycles. The third-order valence-electron chi connectivity index (χ3n) is 3.37. The lowest BCUT2D eigenvalue weighted by molar-refractivity contribution is -0.149. The van der Waals surface area contributed by atoms with Gasteiger partial charge >= 0.3 is 5.97 Å². The van der Waals surface area contributed by atoms with Crippen molar-refractivity contribution >= 4 is 17.6 Å². The highest BCUT2D eigenvalue weighted by Crippen LogP contribution is 2.37. The Morgan fingerprint density at radius 3 is 2.68 bits per heavy atom. The van der Waals surface area contributed by atoms with E-state index in [0.717, 1.165) is 0 Å². The van der Waals surface area contributed by atoms with E-state index in [1.165, 1.54) is 13.0 Å². The first-order valence-electron chi connectivity index (χ1n) is 7.02. The molecule has 1 aliphatic carbocycles. The monoisotopic (exact) mass is 312 g/mol. The van der Waals surface area contributed by atoms with Crippen molar-refractivity contribution in [2.75, 3.05) is 6.61 Å². The van der Waals surface area contributed by atoms with Gasteiger partial charge in [0, 0.05) is 6.92 Å². The summed E-state index contributed by atoms with van der Waals surface area (Å²) < 4.78 is 16.5. The summed E-state index contributed by atoms with van der Waals surface area (Å²) in [6.45, 7) is 6.65. The second-order valence-electron chi connectivity index (χ2n) is 5.54. The maximum absolute atomic E-state index is 12.1. The number of amides is 1. The molecular formula is C14H20N2O6. The van der Waals surface area contributed by atoms with Crippen molar-refractivity contribution in [3.05, 3.63) is 11.6 Å². The number of rotatable bonds is 3. The SMILES string of the molecule is CCOC(=O)C1=CC(=NO)[C@@H](NC(C)=O)[C@@H]2OC(C)(C)OC12. The van der Waals surface area contributed by atoms with Gasteiger partial charge in [0.25, 0.3) is 0 Å². The van der Waals surface area contributed by atoms with Crippen molar-refractivity contribution in [3.8, 4) is 0 Å². The fourth-order valence-corrected chi connectivity index (χ4v) is 2.63. The van der Waals surface area contributed by atoms with E-state index in [1.54, 1.807) is 20.8 Å².